The molecule has 0 atom stereocenters. The maximum absolute atomic E-state index is 8.51. The van der Waals surface area contributed by atoms with Crippen LogP contribution in [0.2, 0.25) is 0 Å². The summed E-state index contributed by atoms with van der Waals surface area (Å²) in [5, 5.41) is 11.9. The van der Waals surface area contributed by atoms with Crippen molar-refractivity contribution in [3.05, 3.63) is 16.1 Å². The van der Waals surface area contributed by atoms with Crippen LogP contribution in [-0.2, 0) is 6.42 Å². The number of thiazole rings is 1. The highest BCUT2D eigenvalue weighted by Crippen LogP contribution is 2.34. The zero-order valence-corrected chi connectivity index (χ0v) is 9.72. The van der Waals surface area contributed by atoms with Gasteiger partial charge in [-0.2, -0.15) is 5.26 Å². The van der Waals surface area contributed by atoms with Gasteiger partial charge in [0.2, 0.25) is 0 Å². The van der Waals surface area contributed by atoms with E-state index in [2.05, 4.69) is 16.4 Å². The molecule has 0 aliphatic heterocycles. The summed E-state index contributed by atoms with van der Waals surface area (Å²) < 4.78 is 0. The Morgan fingerprint density at radius 1 is 1.40 bits per heavy atom. The SMILES string of the molecule is N#CCCc1csc(C2CCCCC2)n1. The Kier molecular flexibility index (Phi) is 3.74. The molecule has 2 nitrogen and oxygen atoms in total. The second-order valence-corrected chi connectivity index (χ2v) is 5.06. The first-order chi connectivity index (χ1) is 7.40. The molecule has 1 heterocycles. The third-order valence-electron chi connectivity index (χ3n) is 3.02. The molecule has 1 aromatic heterocycles. The minimum Gasteiger partial charge on any atom is -0.246 e. The molecule has 1 aromatic rings. The molecule has 0 unspecified atom stereocenters. The van der Waals surface area contributed by atoms with E-state index in [1.165, 1.54) is 37.1 Å². The molecule has 1 aliphatic rings. The Hall–Kier alpha value is -0.880. The van der Waals surface area contributed by atoms with Crippen molar-refractivity contribution in [1.82, 2.24) is 4.98 Å². The summed E-state index contributed by atoms with van der Waals surface area (Å²) in [6.45, 7) is 0. The topological polar surface area (TPSA) is 36.7 Å². The van der Waals surface area contributed by atoms with Crippen LogP contribution < -0.4 is 0 Å². The standard InChI is InChI=1S/C12H16N2S/c13-8-4-7-11-9-15-12(14-11)10-5-2-1-3-6-10/h9-10H,1-7H2. The number of nitriles is 1. The zero-order chi connectivity index (χ0) is 10.5. The van der Waals surface area contributed by atoms with Crippen molar-refractivity contribution in [3.8, 4) is 6.07 Å². The van der Waals surface area contributed by atoms with E-state index in [1.54, 1.807) is 11.3 Å². The number of aryl methyl sites for hydroxylation is 1. The van der Waals surface area contributed by atoms with Crippen LogP contribution in [-0.4, -0.2) is 4.98 Å². The molecule has 3 heteroatoms. The van der Waals surface area contributed by atoms with Crippen LogP contribution >= 0.6 is 11.3 Å². The largest absolute Gasteiger partial charge is 0.246 e. The highest BCUT2D eigenvalue weighted by molar-refractivity contribution is 7.09. The Labute approximate surface area is 95.0 Å². The van der Waals surface area contributed by atoms with Crippen LogP contribution in [0.4, 0.5) is 0 Å². The lowest BCUT2D eigenvalue weighted by atomic mass is 9.90. The highest BCUT2D eigenvalue weighted by atomic mass is 32.1. The van der Waals surface area contributed by atoms with Gasteiger partial charge in [0.15, 0.2) is 0 Å². The lowest BCUT2D eigenvalue weighted by Gasteiger charge is -2.18. The van der Waals surface area contributed by atoms with Crippen molar-refractivity contribution in [3.63, 3.8) is 0 Å². The molecule has 1 fully saturated rings. The van der Waals surface area contributed by atoms with Gasteiger partial charge in [-0.25, -0.2) is 4.98 Å². The van der Waals surface area contributed by atoms with Gasteiger partial charge < -0.3 is 0 Å². The molecule has 15 heavy (non-hydrogen) atoms. The first-order valence-corrected chi connectivity index (χ1v) is 6.59. The summed E-state index contributed by atoms with van der Waals surface area (Å²) >= 11 is 1.79. The molecule has 2 rings (SSSR count). The van der Waals surface area contributed by atoms with E-state index in [1.807, 2.05) is 0 Å². The van der Waals surface area contributed by atoms with Gasteiger partial charge in [0, 0.05) is 24.1 Å². The number of hydrogen-bond acceptors (Lipinski definition) is 3. The zero-order valence-electron chi connectivity index (χ0n) is 8.91. The lowest BCUT2D eigenvalue weighted by molar-refractivity contribution is 0.442. The molecule has 1 saturated carbocycles. The smallest absolute Gasteiger partial charge is 0.0959 e. The first-order valence-electron chi connectivity index (χ1n) is 5.71. The predicted molar refractivity (Wildman–Crippen MR) is 61.9 cm³/mol. The van der Waals surface area contributed by atoms with Gasteiger partial charge in [0.05, 0.1) is 16.8 Å². The Balaban J connectivity index is 1.96. The van der Waals surface area contributed by atoms with Gasteiger partial charge in [-0.05, 0) is 12.8 Å². The Morgan fingerprint density at radius 2 is 2.20 bits per heavy atom. The average Bonchev–Trinajstić information content (AvgIpc) is 2.76. The van der Waals surface area contributed by atoms with E-state index in [0.717, 1.165) is 12.1 Å². The fourth-order valence-corrected chi connectivity index (χ4v) is 3.18. The minimum atomic E-state index is 0.591. The van der Waals surface area contributed by atoms with E-state index in [0.29, 0.717) is 12.3 Å². The summed E-state index contributed by atoms with van der Waals surface area (Å²) in [7, 11) is 0. The van der Waals surface area contributed by atoms with Gasteiger partial charge >= 0.3 is 0 Å². The highest BCUT2D eigenvalue weighted by Gasteiger charge is 2.18. The first kappa shape index (κ1) is 10.6. The number of aromatic nitrogens is 1. The average molecular weight is 220 g/mol. The monoisotopic (exact) mass is 220 g/mol. The molecule has 0 spiro atoms. The van der Waals surface area contributed by atoms with Crippen molar-refractivity contribution in [2.24, 2.45) is 0 Å². The van der Waals surface area contributed by atoms with Crippen LogP contribution in [0.1, 0.15) is 55.1 Å². The molecular weight excluding hydrogens is 204 g/mol. The summed E-state index contributed by atoms with van der Waals surface area (Å²) in [5.41, 5.74) is 1.11. The second-order valence-electron chi connectivity index (χ2n) is 4.17. The molecule has 0 bridgehead atoms. The maximum atomic E-state index is 8.51. The van der Waals surface area contributed by atoms with E-state index in [4.69, 9.17) is 5.26 Å². The maximum Gasteiger partial charge on any atom is 0.0959 e. The molecule has 0 saturated heterocycles. The predicted octanol–water partition coefficient (Wildman–Crippen LogP) is 3.65. The van der Waals surface area contributed by atoms with Crippen LogP contribution in [0.3, 0.4) is 0 Å². The third kappa shape index (κ3) is 2.79. The molecule has 0 radical (unpaired) electrons. The molecule has 80 valence electrons. The van der Waals surface area contributed by atoms with Gasteiger partial charge in [0.25, 0.3) is 0 Å². The van der Waals surface area contributed by atoms with E-state index in [-0.39, 0.29) is 0 Å². The van der Waals surface area contributed by atoms with Crippen LogP contribution in [0.25, 0.3) is 0 Å². The van der Waals surface area contributed by atoms with Gasteiger partial charge in [-0.15, -0.1) is 11.3 Å². The van der Waals surface area contributed by atoms with Crippen molar-refractivity contribution in [2.75, 3.05) is 0 Å². The third-order valence-corrected chi connectivity index (χ3v) is 4.07. The fourth-order valence-electron chi connectivity index (χ4n) is 2.16. The molecule has 1 aliphatic carbocycles. The van der Waals surface area contributed by atoms with Crippen molar-refractivity contribution in [2.45, 2.75) is 50.9 Å². The summed E-state index contributed by atoms with van der Waals surface area (Å²) in [6.07, 6.45) is 8.14. The summed E-state index contributed by atoms with van der Waals surface area (Å²) in [5.74, 6) is 0.708. The quantitative estimate of drug-likeness (QED) is 0.779. The Morgan fingerprint density at radius 3 is 2.93 bits per heavy atom. The second kappa shape index (κ2) is 5.27. The molecule has 0 amide bonds. The number of nitrogens with zero attached hydrogens (tertiary/aromatic N) is 2. The fraction of sp³-hybridized carbons (Fsp3) is 0.667. The van der Waals surface area contributed by atoms with Gasteiger partial charge in [0.1, 0.15) is 0 Å². The van der Waals surface area contributed by atoms with E-state index < -0.39 is 0 Å². The van der Waals surface area contributed by atoms with Crippen LogP contribution in [0, 0.1) is 11.3 Å². The van der Waals surface area contributed by atoms with Gasteiger partial charge in [-0.1, -0.05) is 19.3 Å². The van der Waals surface area contributed by atoms with Crippen LogP contribution in [0.15, 0.2) is 5.38 Å². The molecule has 0 aromatic carbocycles. The van der Waals surface area contributed by atoms with Crippen molar-refractivity contribution < 1.29 is 0 Å². The minimum absolute atomic E-state index is 0.591. The van der Waals surface area contributed by atoms with E-state index >= 15 is 0 Å². The summed E-state index contributed by atoms with van der Waals surface area (Å²) in [4.78, 5) is 4.64. The normalized spacial score (nSPS) is 17.5. The lowest BCUT2D eigenvalue weighted by Crippen LogP contribution is -2.04. The molecular formula is C12H16N2S. The Bertz CT molecular complexity index is 345. The number of hydrogen-bond donors (Lipinski definition) is 0. The van der Waals surface area contributed by atoms with Gasteiger partial charge in [-0.3, -0.25) is 0 Å². The molecule has 0 N–H and O–H groups in total. The van der Waals surface area contributed by atoms with Crippen molar-refractivity contribution in [1.29, 1.82) is 5.26 Å². The number of rotatable bonds is 3. The van der Waals surface area contributed by atoms with E-state index in [9.17, 15) is 0 Å². The van der Waals surface area contributed by atoms with Crippen molar-refractivity contribution >= 4 is 11.3 Å². The summed E-state index contributed by atoms with van der Waals surface area (Å²) in [6, 6.07) is 2.17. The van der Waals surface area contributed by atoms with Crippen LogP contribution in [0.5, 0.6) is 0 Å².